The molecule has 0 aliphatic heterocycles. The molecule has 0 aliphatic carbocycles. The third-order valence-corrected chi connectivity index (χ3v) is 2.04. The van der Waals surface area contributed by atoms with Crippen LogP contribution in [0.2, 0.25) is 0 Å². The van der Waals surface area contributed by atoms with Gasteiger partial charge in [-0.25, -0.2) is 9.78 Å². The predicted molar refractivity (Wildman–Crippen MR) is 63.7 cm³/mol. The summed E-state index contributed by atoms with van der Waals surface area (Å²) in [6, 6.07) is 3.02. The second-order valence-corrected chi connectivity index (χ2v) is 4.07. The fraction of sp³-hybridized carbons (Fsp3) is 0.417. The standard InChI is InChI=1S/C12H16N2O3/c1-8(2)6-11(15)14-10-7-9(4-5-13-10)12(16)17-3/h4-5,7-8H,6H2,1-3H3,(H,13,14,15). The van der Waals surface area contributed by atoms with E-state index in [4.69, 9.17) is 0 Å². The number of carbonyl (C=O) groups excluding carboxylic acids is 2. The van der Waals surface area contributed by atoms with Crippen LogP contribution in [0.5, 0.6) is 0 Å². The number of anilines is 1. The van der Waals surface area contributed by atoms with Gasteiger partial charge in [-0.1, -0.05) is 13.8 Å². The van der Waals surface area contributed by atoms with Crippen LogP contribution in [-0.4, -0.2) is 24.0 Å². The summed E-state index contributed by atoms with van der Waals surface area (Å²) >= 11 is 0. The molecule has 1 heterocycles. The lowest BCUT2D eigenvalue weighted by atomic mass is 10.1. The fourth-order valence-electron chi connectivity index (χ4n) is 1.31. The van der Waals surface area contributed by atoms with Gasteiger partial charge in [-0.05, 0) is 18.1 Å². The number of amides is 1. The molecule has 5 nitrogen and oxygen atoms in total. The molecule has 1 aromatic rings. The summed E-state index contributed by atoms with van der Waals surface area (Å²) in [5, 5.41) is 2.63. The van der Waals surface area contributed by atoms with Crippen molar-refractivity contribution in [3.63, 3.8) is 0 Å². The van der Waals surface area contributed by atoms with E-state index in [2.05, 4.69) is 15.0 Å². The summed E-state index contributed by atoms with van der Waals surface area (Å²) in [5.74, 6) is 0.0682. The van der Waals surface area contributed by atoms with Crippen LogP contribution in [0.3, 0.4) is 0 Å². The van der Waals surface area contributed by atoms with Crippen LogP contribution in [0.1, 0.15) is 30.6 Å². The molecule has 1 amide bonds. The summed E-state index contributed by atoms with van der Waals surface area (Å²) in [5.41, 5.74) is 0.363. The van der Waals surface area contributed by atoms with Crippen molar-refractivity contribution in [2.45, 2.75) is 20.3 Å². The van der Waals surface area contributed by atoms with Gasteiger partial charge in [-0.15, -0.1) is 0 Å². The molecule has 0 radical (unpaired) electrons. The van der Waals surface area contributed by atoms with Gasteiger partial charge in [0.1, 0.15) is 5.82 Å². The molecule has 0 aromatic carbocycles. The molecule has 0 aliphatic rings. The van der Waals surface area contributed by atoms with Crippen molar-refractivity contribution < 1.29 is 14.3 Å². The second-order valence-electron chi connectivity index (χ2n) is 4.07. The third-order valence-electron chi connectivity index (χ3n) is 2.04. The van der Waals surface area contributed by atoms with Gasteiger partial charge in [-0.3, -0.25) is 4.79 Å². The highest BCUT2D eigenvalue weighted by molar-refractivity contribution is 5.93. The van der Waals surface area contributed by atoms with Crippen molar-refractivity contribution >= 4 is 17.7 Å². The largest absolute Gasteiger partial charge is 0.465 e. The number of pyridine rings is 1. The molecular formula is C12H16N2O3. The van der Waals surface area contributed by atoms with E-state index >= 15 is 0 Å². The first kappa shape index (κ1) is 13.2. The van der Waals surface area contributed by atoms with Crippen molar-refractivity contribution in [3.05, 3.63) is 23.9 Å². The zero-order chi connectivity index (χ0) is 12.8. The second kappa shape index (κ2) is 5.98. The van der Waals surface area contributed by atoms with Crippen LogP contribution < -0.4 is 5.32 Å². The van der Waals surface area contributed by atoms with Crippen LogP contribution in [0.15, 0.2) is 18.3 Å². The summed E-state index contributed by atoms with van der Waals surface area (Å²) in [6.07, 6.45) is 1.88. The van der Waals surface area contributed by atoms with Gasteiger partial charge in [0.25, 0.3) is 0 Å². The molecule has 92 valence electrons. The Balaban J connectivity index is 2.72. The number of hydrogen-bond donors (Lipinski definition) is 1. The minimum atomic E-state index is -0.452. The van der Waals surface area contributed by atoms with Gasteiger partial charge >= 0.3 is 5.97 Å². The molecule has 1 N–H and O–H groups in total. The first-order valence-electron chi connectivity index (χ1n) is 5.37. The topological polar surface area (TPSA) is 68.3 Å². The number of aromatic nitrogens is 1. The van der Waals surface area contributed by atoms with Gasteiger partial charge < -0.3 is 10.1 Å². The highest BCUT2D eigenvalue weighted by Gasteiger charge is 2.09. The van der Waals surface area contributed by atoms with E-state index < -0.39 is 5.97 Å². The zero-order valence-electron chi connectivity index (χ0n) is 10.2. The fourth-order valence-corrected chi connectivity index (χ4v) is 1.31. The molecule has 0 saturated heterocycles. The molecule has 17 heavy (non-hydrogen) atoms. The Labute approximate surface area is 100 Å². The number of hydrogen-bond acceptors (Lipinski definition) is 4. The number of methoxy groups -OCH3 is 1. The maximum atomic E-state index is 11.5. The monoisotopic (exact) mass is 236 g/mol. The molecule has 0 spiro atoms. The third kappa shape index (κ3) is 4.22. The van der Waals surface area contributed by atoms with E-state index in [1.165, 1.54) is 25.4 Å². The number of carbonyl (C=O) groups is 2. The summed E-state index contributed by atoms with van der Waals surface area (Å²) in [4.78, 5) is 26.7. The molecule has 1 aromatic heterocycles. The van der Waals surface area contributed by atoms with Crippen LogP contribution in [0, 0.1) is 5.92 Å². The zero-order valence-corrected chi connectivity index (χ0v) is 10.2. The predicted octanol–water partition coefficient (Wildman–Crippen LogP) is 1.85. The lowest BCUT2D eigenvalue weighted by Gasteiger charge is -2.07. The van der Waals surface area contributed by atoms with Gasteiger partial charge in [0.15, 0.2) is 0 Å². The van der Waals surface area contributed by atoms with E-state index in [0.29, 0.717) is 17.8 Å². The van der Waals surface area contributed by atoms with Crippen LogP contribution in [0.25, 0.3) is 0 Å². The molecule has 0 unspecified atom stereocenters. The van der Waals surface area contributed by atoms with E-state index in [-0.39, 0.29) is 11.8 Å². The molecule has 0 bridgehead atoms. The molecule has 0 fully saturated rings. The van der Waals surface area contributed by atoms with Gasteiger partial charge in [0, 0.05) is 12.6 Å². The van der Waals surface area contributed by atoms with Gasteiger partial charge in [0.2, 0.25) is 5.91 Å². The highest BCUT2D eigenvalue weighted by Crippen LogP contribution is 2.09. The van der Waals surface area contributed by atoms with Crippen molar-refractivity contribution in [2.24, 2.45) is 5.92 Å². The van der Waals surface area contributed by atoms with Crippen LogP contribution in [-0.2, 0) is 9.53 Å². The van der Waals surface area contributed by atoms with Crippen LogP contribution >= 0.6 is 0 Å². The summed E-state index contributed by atoms with van der Waals surface area (Å²) in [7, 11) is 1.31. The lowest BCUT2D eigenvalue weighted by Crippen LogP contribution is -2.15. The smallest absolute Gasteiger partial charge is 0.338 e. The first-order valence-corrected chi connectivity index (χ1v) is 5.37. The number of nitrogens with one attached hydrogen (secondary N) is 1. The van der Waals surface area contributed by atoms with E-state index in [1.54, 1.807) is 0 Å². The average molecular weight is 236 g/mol. The highest BCUT2D eigenvalue weighted by atomic mass is 16.5. The number of nitrogens with zero attached hydrogens (tertiary/aromatic N) is 1. The average Bonchev–Trinajstić information content (AvgIpc) is 2.27. The van der Waals surface area contributed by atoms with E-state index in [0.717, 1.165) is 0 Å². The van der Waals surface area contributed by atoms with Crippen molar-refractivity contribution in [1.29, 1.82) is 0 Å². The minimum Gasteiger partial charge on any atom is -0.465 e. The lowest BCUT2D eigenvalue weighted by molar-refractivity contribution is -0.116. The maximum Gasteiger partial charge on any atom is 0.338 e. The first-order chi connectivity index (χ1) is 8.02. The molecule has 0 atom stereocenters. The maximum absolute atomic E-state index is 11.5. The van der Waals surface area contributed by atoms with Crippen molar-refractivity contribution in [3.8, 4) is 0 Å². The van der Waals surface area contributed by atoms with E-state index in [9.17, 15) is 9.59 Å². The molecular weight excluding hydrogens is 220 g/mol. The van der Waals surface area contributed by atoms with Gasteiger partial charge in [0.05, 0.1) is 12.7 Å². The van der Waals surface area contributed by atoms with Crippen LogP contribution in [0.4, 0.5) is 5.82 Å². The number of ether oxygens (including phenoxy) is 1. The summed E-state index contributed by atoms with van der Waals surface area (Å²) in [6.45, 7) is 3.91. The Bertz CT molecular complexity index is 416. The summed E-state index contributed by atoms with van der Waals surface area (Å²) < 4.78 is 4.58. The quantitative estimate of drug-likeness (QED) is 0.810. The van der Waals surface area contributed by atoms with Gasteiger partial charge in [-0.2, -0.15) is 0 Å². The van der Waals surface area contributed by atoms with Crippen molar-refractivity contribution in [2.75, 3.05) is 12.4 Å². The number of esters is 1. The Morgan fingerprint density at radius 2 is 2.18 bits per heavy atom. The normalized spacial score (nSPS) is 10.1. The Morgan fingerprint density at radius 1 is 1.47 bits per heavy atom. The Hall–Kier alpha value is -1.91. The minimum absolute atomic E-state index is 0.116. The van der Waals surface area contributed by atoms with Crippen molar-refractivity contribution in [1.82, 2.24) is 4.98 Å². The Kier molecular flexibility index (Phi) is 4.63. The molecule has 5 heteroatoms. The molecule has 0 saturated carbocycles. The molecule has 1 rings (SSSR count). The Morgan fingerprint density at radius 3 is 2.76 bits per heavy atom. The SMILES string of the molecule is COC(=O)c1ccnc(NC(=O)CC(C)C)c1. The number of rotatable bonds is 4. The van der Waals surface area contributed by atoms with E-state index in [1.807, 2.05) is 13.8 Å².